The molecule has 6 nitrogen and oxygen atoms in total. The van der Waals surface area contributed by atoms with E-state index in [4.69, 9.17) is 23.2 Å². The molecule has 4 rings (SSSR count). The van der Waals surface area contributed by atoms with E-state index >= 15 is 0 Å². The van der Waals surface area contributed by atoms with Gasteiger partial charge in [-0.25, -0.2) is 12.7 Å². The highest BCUT2D eigenvalue weighted by Gasteiger charge is 2.34. The van der Waals surface area contributed by atoms with E-state index in [1.54, 1.807) is 18.2 Å². The van der Waals surface area contributed by atoms with Crippen molar-refractivity contribution >= 4 is 39.1 Å². The Hall–Kier alpha value is -1.64. The number of carbonyl (C=O) groups excluding carboxylic acids is 1. The lowest BCUT2D eigenvalue weighted by Crippen LogP contribution is -2.51. The van der Waals surface area contributed by atoms with Gasteiger partial charge in [0.15, 0.2) is 0 Å². The second-order valence-corrected chi connectivity index (χ2v) is 11.6. The number of amides is 1. The van der Waals surface area contributed by atoms with Crippen LogP contribution >= 0.6 is 23.2 Å². The van der Waals surface area contributed by atoms with Crippen LogP contribution in [0.25, 0.3) is 0 Å². The normalized spacial score (nSPS) is 19.0. The summed E-state index contributed by atoms with van der Waals surface area (Å²) < 4.78 is 27.3. The zero-order valence-electron chi connectivity index (χ0n) is 18.5. The minimum Gasteiger partial charge on any atom is -0.340 e. The van der Waals surface area contributed by atoms with Crippen LogP contribution in [0, 0.1) is 5.92 Å². The van der Waals surface area contributed by atoms with Crippen LogP contribution in [0.1, 0.15) is 24.0 Å². The van der Waals surface area contributed by atoms with E-state index in [1.165, 1.54) is 9.87 Å². The molecule has 0 aliphatic carbocycles. The van der Waals surface area contributed by atoms with Crippen molar-refractivity contribution in [2.45, 2.75) is 25.1 Å². The van der Waals surface area contributed by atoms with E-state index in [0.717, 1.165) is 32.7 Å². The Labute approximate surface area is 206 Å². The Bertz CT molecular complexity index is 1070. The quantitative estimate of drug-likeness (QED) is 0.592. The molecule has 1 amide bonds. The minimum absolute atomic E-state index is 0.115. The van der Waals surface area contributed by atoms with Crippen LogP contribution in [0.15, 0.2) is 48.5 Å². The van der Waals surface area contributed by atoms with Crippen molar-refractivity contribution in [1.29, 1.82) is 0 Å². The highest BCUT2D eigenvalue weighted by atomic mass is 35.5. The van der Waals surface area contributed by atoms with Crippen molar-refractivity contribution in [3.63, 3.8) is 0 Å². The highest BCUT2D eigenvalue weighted by Crippen LogP contribution is 2.27. The van der Waals surface area contributed by atoms with E-state index < -0.39 is 10.0 Å². The van der Waals surface area contributed by atoms with Gasteiger partial charge in [0, 0.05) is 61.8 Å². The molecule has 0 aromatic heterocycles. The molecule has 2 aromatic rings. The number of hydrogen-bond donors (Lipinski definition) is 0. The molecule has 2 aliphatic heterocycles. The first-order valence-corrected chi connectivity index (χ1v) is 13.6. The van der Waals surface area contributed by atoms with Gasteiger partial charge in [0.05, 0.1) is 5.75 Å². The van der Waals surface area contributed by atoms with Crippen molar-refractivity contribution < 1.29 is 13.2 Å². The molecule has 0 bridgehead atoms. The van der Waals surface area contributed by atoms with Crippen molar-refractivity contribution in [3.8, 4) is 0 Å². The third kappa shape index (κ3) is 6.28. The summed E-state index contributed by atoms with van der Waals surface area (Å²) in [6, 6.07) is 15.2. The predicted octanol–water partition coefficient (Wildman–Crippen LogP) is 3.88. The molecule has 0 saturated carbocycles. The maximum absolute atomic E-state index is 13.1. The number of piperidine rings is 1. The number of nitrogens with zero attached hydrogens (tertiary/aromatic N) is 3. The monoisotopic (exact) mass is 509 g/mol. The molecule has 2 fully saturated rings. The van der Waals surface area contributed by atoms with E-state index in [9.17, 15) is 13.2 Å². The molecule has 2 heterocycles. The van der Waals surface area contributed by atoms with E-state index in [2.05, 4.69) is 17.0 Å². The number of sulfonamides is 1. The molecule has 0 spiro atoms. The van der Waals surface area contributed by atoms with Gasteiger partial charge < -0.3 is 4.90 Å². The second kappa shape index (κ2) is 10.7. The third-order valence-corrected chi connectivity index (χ3v) is 8.90. The Morgan fingerprint density at radius 2 is 1.58 bits per heavy atom. The summed E-state index contributed by atoms with van der Waals surface area (Å²) in [4.78, 5) is 17.4. The summed E-state index contributed by atoms with van der Waals surface area (Å²) in [6.07, 6.45) is 1.10. The van der Waals surface area contributed by atoms with Crippen LogP contribution in [0.4, 0.5) is 0 Å². The van der Waals surface area contributed by atoms with Crippen LogP contribution in [0.2, 0.25) is 10.0 Å². The van der Waals surface area contributed by atoms with Gasteiger partial charge in [-0.3, -0.25) is 9.69 Å². The maximum Gasteiger partial charge on any atom is 0.225 e. The van der Waals surface area contributed by atoms with Crippen molar-refractivity contribution in [2.24, 2.45) is 5.92 Å². The van der Waals surface area contributed by atoms with Gasteiger partial charge in [-0.1, -0.05) is 59.6 Å². The Morgan fingerprint density at radius 3 is 2.21 bits per heavy atom. The number of piperazine rings is 1. The zero-order chi connectivity index (χ0) is 23.4. The number of carbonyl (C=O) groups is 1. The summed E-state index contributed by atoms with van der Waals surface area (Å²) >= 11 is 12.1. The van der Waals surface area contributed by atoms with Gasteiger partial charge in [0.1, 0.15) is 0 Å². The molecular formula is C24H29Cl2N3O3S. The molecule has 178 valence electrons. The van der Waals surface area contributed by atoms with Crippen LogP contribution in [0.3, 0.4) is 0 Å². The molecular weight excluding hydrogens is 481 g/mol. The molecule has 0 radical (unpaired) electrons. The zero-order valence-corrected chi connectivity index (χ0v) is 20.8. The molecule has 9 heteroatoms. The highest BCUT2D eigenvalue weighted by molar-refractivity contribution is 7.88. The molecule has 0 atom stereocenters. The summed E-state index contributed by atoms with van der Waals surface area (Å²) in [5.41, 5.74) is 1.82. The summed E-state index contributed by atoms with van der Waals surface area (Å²) in [5, 5.41) is 0.823. The summed E-state index contributed by atoms with van der Waals surface area (Å²) in [6.45, 7) is 4.77. The fourth-order valence-corrected chi connectivity index (χ4v) is 6.68. The maximum atomic E-state index is 13.1. The van der Waals surface area contributed by atoms with Crippen LogP contribution in [-0.2, 0) is 27.1 Å². The van der Waals surface area contributed by atoms with Gasteiger partial charge in [-0.15, -0.1) is 0 Å². The summed E-state index contributed by atoms with van der Waals surface area (Å²) in [7, 11) is -3.51. The topological polar surface area (TPSA) is 60.9 Å². The van der Waals surface area contributed by atoms with E-state index in [1.807, 2.05) is 23.1 Å². The average molecular weight is 510 g/mol. The first-order valence-electron chi connectivity index (χ1n) is 11.3. The fraction of sp³-hybridized carbons (Fsp3) is 0.458. The third-order valence-electron chi connectivity index (χ3n) is 6.48. The molecule has 0 N–H and O–H groups in total. The smallest absolute Gasteiger partial charge is 0.225 e. The summed E-state index contributed by atoms with van der Waals surface area (Å²) in [5.74, 6) is -0.117. The molecule has 2 saturated heterocycles. The average Bonchev–Trinajstić information content (AvgIpc) is 2.82. The first kappa shape index (κ1) is 24.5. The lowest BCUT2D eigenvalue weighted by molar-refractivity contribution is -0.138. The standard InChI is InChI=1S/C24H29Cl2N3O3S/c25-22-7-6-21(23(26)16-22)18-33(31,32)29-10-8-20(9-11-29)24(30)28-14-12-27(13-15-28)17-19-4-2-1-3-5-19/h1-7,16,20H,8-15,17-18H2. The van der Waals surface area contributed by atoms with Gasteiger partial charge in [0.25, 0.3) is 0 Å². The van der Waals surface area contributed by atoms with Crippen LogP contribution < -0.4 is 0 Å². The van der Waals surface area contributed by atoms with Gasteiger partial charge in [0.2, 0.25) is 15.9 Å². The van der Waals surface area contributed by atoms with Crippen molar-refractivity contribution in [3.05, 3.63) is 69.7 Å². The van der Waals surface area contributed by atoms with E-state index in [0.29, 0.717) is 41.5 Å². The number of hydrogen-bond acceptors (Lipinski definition) is 4. The first-order chi connectivity index (χ1) is 15.8. The van der Waals surface area contributed by atoms with Gasteiger partial charge >= 0.3 is 0 Å². The second-order valence-electron chi connectivity index (χ2n) is 8.75. The van der Waals surface area contributed by atoms with Crippen LogP contribution in [0.5, 0.6) is 0 Å². The predicted molar refractivity (Wildman–Crippen MR) is 132 cm³/mol. The number of halogens is 2. The van der Waals surface area contributed by atoms with Crippen molar-refractivity contribution in [2.75, 3.05) is 39.3 Å². The lowest BCUT2D eigenvalue weighted by Gasteiger charge is -2.38. The Balaban J connectivity index is 1.26. The van der Waals surface area contributed by atoms with Crippen molar-refractivity contribution in [1.82, 2.24) is 14.1 Å². The van der Waals surface area contributed by atoms with E-state index in [-0.39, 0.29) is 17.6 Å². The van der Waals surface area contributed by atoms with Crippen LogP contribution in [-0.4, -0.2) is 67.7 Å². The number of rotatable bonds is 6. The Kier molecular flexibility index (Phi) is 7.97. The fourth-order valence-electron chi connectivity index (χ4n) is 4.53. The van der Waals surface area contributed by atoms with Gasteiger partial charge in [-0.05, 0) is 36.1 Å². The van der Waals surface area contributed by atoms with Gasteiger partial charge in [-0.2, -0.15) is 0 Å². The largest absolute Gasteiger partial charge is 0.340 e. The number of benzene rings is 2. The molecule has 33 heavy (non-hydrogen) atoms. The Morgan fingerprint density at radius 1 is 0.909 bits per heavy atom. The lowest BCUT2D eigenvalue weighted by atomic mass is 9.96. The molecule has 2 aromatic carbocycles. The molecule has 2 aliphatic rings. The molecule has 0 unspecified atom stereocenters. The minimum atomic E-state index is -3.51. The SMILES string of the molecule is O=C(C1CCN(S(=O)(=O)Cc2ccc(Cl)cc2Cl)CC1)N1CCN(Cc2ccccc2)CC1.